The van der Waals surface area contributed by atoms with E-state index >= 15 is 0 Å². The van der Waals surface area contributed by atoms with Crippen molar-refractivity contribution < 1.29 is 18.7 Å². The fourth-order valence-corrected chi connectivity index (χ4v) is 3.84. The van der Waals surface area contributed by atoms with Gasteiger partial charge in [0.15, 0.2) is 0 Å². The molecule has 2 heterocycles. The van der Waals surface area contributed by atoms with E-state index in [0.29, 0.717) is 11.6 Å². The van der Waals surface area contributed by atoms with E-state index < -0.39 is 5.82 Å². The maximum absolute atomic E-state index is 12.9. The summed E-state index contributed by atoms with van der Waals surface area (Å²) < 4.78 is 18.4. The molecule has 0 radical (unpaired) electrons. The van der Waals surface area contributed by atoms with E-state index in [-0.39, 0.29) is 42.3 Å². The molecule has 2 amide bonds. The van der Waals surface area contributed by atoms with Crippen molar-refractivity contribution in [3.05, 3.63) is 29.8 Å². The van der Waals surface area contributed by atoms with Gasteiger partial charge in [0.25, 0.3) is 0 Å². The van der Waals surface area contributed by atoms with Crippen LogP contribution < -0.4 is 21.5 Å². The molecule has 160 valence electrons. The summed E-state index contributed by atoms with van der Waals surface area (Å²) in [5.41, 5.74) is 6.57. The molecule has 1 aromatic rings. The van der Waals surface area contributed by atoms with E-state index in [1.54, 1.807) is 0 Å². The van der Waals surface area contributed by atoms with Gasteiger partial charge in [0.2, 0.25) is 5.91 Å². The molecule has 9 heteroatoms. The van der Waals surface area contributed by atoms with Crippen molar-refractivity contribution in [1.29, 1.82) is 0 Å². The number of nitrogens with one attached hydrogen (secondary N) is 4. The molecule has 1 aliphatic carbocycles. The molecule has 3 rings (SSSR count). The third kappa shape index (κ3) is 6.64. The topological polar surface area (TPSA) is 104 Å². The molecule has 1 aliphatic heterocycles. The number of hydrazine groups is 1. The first-order valence-electron chi connectivity index (χ1n) is 10.1. The SMILES string of the molecule is CC(C)(C)NC(=O)O[C@@H]1CC[C@H](C2CC(NC(=O)Cc3ccc(F)cn3)NN2)C1. The maximum Gasteiger partial charge on any atom is 0.407 e. The van der Waals surface area contributed by atoms with Gasteiger partial charge < -0.3 is 15.4 Å². The van der Waals surface area contributed by atoms with Crippen molar-refractivity contribution in [3.63, 3.8) is 0 Å². The molecule has 0 spiro atoms. The van der Waals surface area contributed by atoms with Gasteiger partial charge in [-0.1, -0.05) is 0 Å². The largest absolute Gasteiger partial charge is 0.446 e. The molecule has 4 N–H and O–H groups in total. The highest BCUT2D eigenvalue weighted by Gasteiger charge is 2.37. The third-order valence-corrected chi connectivity index (χ3v) is 5.14. The second-order valence-electron chi connectivity index (χ2n) is 8.87. The Morgan fingerprint density at radius 2 is 2.03 bits per heavy atom. The van der Waals surface area contributed by atoms with E-state index in [0.717, 1.165) is 31.9 Å². The highest BCUT2D eigenvalue weighted by atomic mass is 19.1. The molecular formula is C20H30FN5O3. The van der Waals surface area contributed by atoms with Crippen LogP contribution in [0.1, 0.15) is 52.1 Å². The Labute approximate surface area is 170 Å². The van der Waals surface area contributed by atoms with Crippen molar-refractivity contribution in [1.82, 2.24) is 26.5 Å². The summed E-state index contributed by atoms with van der Waals surface area (Å²) >= 11 is 0. The van der Waals surface area contributed by atoms with Crippen LogP contribution in [0.15, 0.2) is 18.3 Å². The molecule has 29 heavy (non-hydrogen) atoms. The van der Waals surface area contributed by atoms with Gasteiger partial charge in [-0.3, -0.25) is 15.2 Å². The van der Waals surface area contributed by atoms with Crippen LogP contribution in [0.3, 0.4) is 0 Å². The van der Waals surface area contributed by atoms with Crippen LogP contribution in [0.25, 0.3) is 0 Å². The predicted octanol–water partition coefficient (Wildman–Crippen LogP) is 1.77. The van der Waals surface area contributed by atoms with Gasteiger partial charge in [-0.2, -0.15) is 0 Å². The second-order valence-corrected chi connectivity index (χ2v) is 8.87. The zero-order valence-electron chi connectivity index (χ0n) is 17.1. The quantitative estimate of drug-likeness (QED) is 0.593. The number of carbonyl (C=O) groups is 2. The number of hydrogen-bond donors (Lipinski definition) is 4. The monoisotopic (exact) mass is 407 g/mol. The molecule has 1 aromatic heterocycles. The summed E-state index contributed by atoms with van der Waals surface area (Å²) in [6.07, 6.45) is 3.92. The van der Waals surface area contributed by atoms with Crippen molar-refractivity contribution in [2.24, 2.45) is 5.92 Å². The predicted molar refractivity (Wildman–Crippen MR) is 105 cm³/mol. The number of hydrogen-bond acceptors (Lipinski definition) is 6. The summed E-state index contributed by atoms with van der Waals surface area (Å²) in [4.78, 5) is 28.0. The lowest BCUT2D eigenvalue weighted by molar-refractivity contribution is -0.121. The summed E-state index contributed by atoms with van der Waals surface area (Å²) in [6, 6.07) is 3.00. The lowest BCUT2D eigenvalue weighted by atomic mass is 9.96. The van der Waals surface area contributed by atoms with Crippen LogP contribution in [-0.4, -0.2) is 40.8 Å². The molecule has 2 unspecified atom stereocenters. The summed E-state index contributed by atoms with van der Waals surface area (Å²) in [5.74, 6) is -0.223. The van der Waals surface area contributed by atoms with Gasteiger partial charge in [0, 0.05) is 17.3 Å². The normalized spacial score (nSPS) is 26.9. The molecule has 0 aromatic carbocycles. The Kier molecular flexibility index (Phi) is 6.69. The van der Waals surface area contributed by atoms with Crippen LogP contribution in [0.5, 0.6) is 0 Å². The van der Waals surface area contributed by atoms with Crippen molar-refractivity contribution in [3.8, 4) is 0 Å². The zero-order valence-corrected chi connectivity index (χ0v) is 17.1. The number of nitrogens with zero attached hydrogens (tertiary/aromatic N) is 1. The van der Waals surface area contributed by atoms with E-state index in [4.69, 9.17) is 4.74 Å². The Balaban J connectivity index is 1.40. The Bertz CT molecular complexity index is 722. The number of carbonyl (C=O) groups excluding carboxylic acids is 2. The number of amides is 2. The smallest absolute Gasteiger partial charge is 0.407 e. The van der Waals surface area contributed by atoms with Crippen LogP contribution >= 0.6 is 0 Å². The Hall–Kier alpha value is -2.26. The molecule has 1 saturated carbocycles. The van der Waals surface area contributed by atoms with Gasteiger partial charge in [-0.25, -0.2) is 14.6 Å². The highest BCUT2D eigenvalue weighted by molar-refractivity contribution is 5.78. The van der Waals surface area contributed by atoms with E-state index in [2.05, 4.69) is 26.5 Å². The maximum atomic E-state index is 12.9. The van der Waals surface area contributed by atoms with Crippen LogP contribution in [0.2, 0.25) is 0 Å². The average Bonchev–Trinajstić information content (AvgIpc) is 3.24. The van der Waals surface area contributed by atoms with E-state index in [1.165, 1.54) is 12.1 Å². The fourth-order valence-electron chi connectivity index (χ4n) is 3.84. The molecule has 4 atom stereocenters. The number of alkyl carbamates (subject to hydrolysis) is 1. The Morgan fingerprint density at radius 1 is 1.24 bits per heavy atom. The first-order valence-corrected chi connectivity index (χ1v) is 10.1. The first-order chi connectivity index (χ1) is 13.7. The minimum Gasteiger partial charge on any atom is -0.446 e. The van der Waals surface area contributed by atoms with Crippen LogP contribution in [0, 0.1) is 11.7 Å². The summed E-state index contributed by atoms with van der Waals surface area (Å²) in [5, 5.41) is 5.74. The second kappa shape index (κ2) is 9.04. The van der Waals surface area contributed by atoms with Gasteiger partial charge in [0.1, 0.15) is 11.9 Å². The van der Waals surface area contributed by atoms with E-state index in [1.807, 2.05) is 20.8 Å². The minimum absolute atomic E-state index is 0.0812. The average molecular weight is 407 g/mol. The van der Waals surface area contributed by atoms with E-state index in [9.17, 15) is 14.0 Å². The lowest BCUT2D eigenvalue weighted by Crippen LogP contribution is -2.45. The van der Waals surface area contributed by atoms with Crippen molar-refractivity contribution in [2.45, 2.75) is 76.7 Å². The van der Waals surface area contributed by atoms with Gasteiger partial charge >= 0.3 is 6.09 Å². The minimum atomic E-state index is -0.423. The zero-order chi connectivity index (χ0) is 21.0. The number of aromatic nitrogens is 1. The number of pyridine rings is 1. The molecule has 1 saturated heterocycles. The van der Waals surface area contributed by atoms with Crippen LogP contribution in [0.4, 0.5) is 9.18 Å². The van der Waals surface area contributed by atoms with Crippen LogP contribution in [-0.2, 0) is 16.0 Å². The van der Waals surface area contributed by atoms with Gasteiger partial charge in [0.05, 0.1) is 18.8 Å². The summed E-state index contributed by atoms with van der Waals surface area (Å²) in [7, 11) is 0. The summed E-state index contributed by atoms with van der Waals surface area (Å²) in [6.45, 7) is 5.75. The fraction of sp³-hybridized carbons (Fsp3) is 0.650. The molecule has 0 bridgehead atoms. The number of ether oxygens (including phenoxy) is 1. The third-order valence-electron chi connectivity index (χ3n) is 5.14. The molecular weight excluding hydrogens is 377 g/mol. The van der Waals surface area contributed by atoms with Gasteiger partial charge in [-0.05, 0) is 64.5 Å². The standard InChI is InChI=1S/C20H30FN5O3/c1-20(2,3)24-19(28)29-15-7-4-12(8-15)16-10-17(26-25-16)23-18(27)9-14-6-5-13(21)11-22-14/h5-6,11-12,15-17,25-26H,4,7-10H2,1-3H3,(H,23,27)(H,24,28)/t12-,15+,16?,17?/m0/s1. The first kappa shape index (κ1) is 21.4. The van der Waals surface area contributed by atoms with Crippen molar-refractivity contribution in [2.75, 3.05) is 0 Å². The highest BCUT2D eigenvalue weighted by Crippen LogP contribution is 2.33. The number of rotatable bonds is 5. The molecule has 2 aliphatic rings. The molecule has 8 nitrogen and oxygen atoms in total. The molecule has 2 fully saturated rings. The number of halogens is 1. The lowest BCUT2D eigenvalue weighted by Gasteiger charge is -2.22. The van der Waals surface area contributed by atoms with Gasteiger partial charge in [-0.15, -0.1) is 0 Å². The Morgan fingerprint density at radius 3 is 2.72 bits per heavy atom. The van der Waals surface area contributed by atoms with Crippen molar-refractivity contribution >= 4 is 12.0 Å².